The number of nitrogens with one attached hydrogen (secondary N) is 1. The summed E-state index contributed by atoms with van der Waals surface area (Å²) in [5, 5.41) is 21.2. The molecule has 5 nitrogen and oxygen atoms in total. The van der Waals surface area contributed by atoms with Crippen molar-refractivity contribution in [2.75, 3.05) is 11.1 Å². The van der Waals surface area contributed by atoms with E-state index >= 15 is 0 Å². The number of phenolic OH excluding ortho intramolecular Hbond substituents is 2. The van der Waals surface area contributed by atoms with Gasteiger partial charge in [-0.25, -0.2) is 0 Å². The lowest BCUT2D eigenvalue weighted by Gasteiger charge is -2.06. The molecule has 0 aliphatic carbocycles. The summed E-state index contributed by atoms with van der Waals surface area (Å²) in [5.74, 6) is -0.763. The van der Waals surface area contributed by atoms with Gasteiger partial charge < -0.3 is 21.3 Å². The molecule has 0 aliphatic rings. The predicted octanol–water partition coefficient (Wildman–Crippen LogP) is 1.93. The number of hydrogen-bond acceptors (Lipinski definition) is 4. The third-order valence-corrected chi connectivity index (χ3v) is 2.33. The first kappa shape index (κ1) is 11.8. The summed E-state index contributed by atoms with van der Waals surface area (Å²) in [6.45, 7) is 0. The van der Waals surface area contributed by atoms with Crippen LogP contribution in [0.25, 0.3) is 0 Å². The number of nitrogen functional groups attached to an aromatic ring is 1. The molecule has 0 aliphatic heterocycles. The Bertz CT molecular complexity index is 559. The molecule has 0 saturated heterocycles. The summed E-state index contributed by atoms with van der Waals surface area (Å²) in [6, 6.07) is 10.3. The van der Waals surface area contributed by atoms with Crippen LogP contribution in [-0.2, 0) is 0 Å². The van der Waals surface area contributed by atoms with Gasteiger partial charge in [0.15, 0.2) is 0 Å². The number of nitrogens with two attached hydrogens (primary N) is 1. The predicted molar refractivity (Wildman–Crippen MR) is 68.6 cm³/mol. The molecule has 18 heavy (non-hydrogen) atoms. The molecule has 0 heterocycles. The lowest BCUT2D eigenvalue weighted by Crippen LogP contribution is -2.11. The van der Waals surface area contributed by atoms with Crippen LogP contribution in [0.4, 0.5) is 11.4 Å². The third-order valence-electron chi connectivity index (χ3n) is 2.33. The molecule has 92 valence electrons. The van der Waals surface area contributed by atoms with E-state index in [9.17, 15) is 15.0 Å². The van der Waals surface area contributed by atoms with Gasteiger partial charge in [-0.05, 0) is 36.4 Å². The molecule has 2 rings (SSSR count). The Balaban J connectivity index is 2.19. The van der Waals surface area contributed by atoms with Crippen molar-refractivity contribution in [2.24, 2.45) is 0 Å². The topological polar surface area (TPSA) is 95.6 Å². The summed E-state index contributed by atoms with van der Waals surface area (Å²) in [4.78, 5) is 11.8. The average Bonchev–Trinajstić information content (AvgIpc) is 2.31. The van der Waals surface area contributed by atoms with Gasteiger partial charge in [0.1, 0.15) is 11.5 Å². The Hall–Kier alpha value is -2.69. The molecule has 0 radical (unpaired) electrons. The molecule has 0 aromatic heterocycles. The molecule has 1 amide bonds. The van der Waals surface area contributed by atoms with E-state index in [1.54, 1.807) is 24.3 Å². The van der Waals surface area contributed by atoms with Gasteiger partial charge in [-0.15, -0.1) is 0 Å². The number of carbonyl (C=O) groups is 1. The fourth-order valence-corrected chi connectivity index (χ4v) is 1.50. The number of phenols is 2. The van der Waals surface area contributed by atoms with Crippen LogP contribution in [0.5, 0.6) is 11.5 Å². The van der Waals surface area contributed by atoms with Gasteiger partial charge in [-0.2, -0.15) is 0 Å². The van der Waals surface area contributed by atoms with Gasteiger partial charge in [-0.3, -0.25) is 4.79 Å². The van der Waals surface area contributed by atoms with E-state index < -0.39 is 5.91 Å². The van der Waals surface area contributed by atoms with E-state index in [1.807, 2.05) is 0 Å². The Morgan fingerprint density at radius 1 is 1.00 bits per heavy atom. The lowest BCUT2D eigenvalue weighted by molar-refractivity contribution is 0.102. The number of benzene rings is 2. The minimum atomic E-state index is -0.425. The van der Waals surface area contributed by atoms with E-state index in [4.69, 9.17) is 5.73 Å². The largest absolute Gasteiger partial charge is 0.508 e. The van der Waals surface area contributed by atoms with E-state index in [1.165, 1.54) is 12.1 Å². The van der Waals surface area contributed by atoms with Crippen LogP contribution in [0.1, 0.15) is 10.4 Å². The third kappa shape index (κ3) is 2.70. The summed E-state index contributed by atoms with van der Waals surface area (Å²) >= 11 is 0. The summed E-state index contributed by atoms with van der Waals surface area (Å²) in [6.07, 6.45) is 0. The number of hydrogen-bond donors (Lipinski definition) is 4. The molecular formula is C13H12N2O3. The van der Waals surface area contributed by atoms with Crippen molar-refractivity contribution in [3.8, 4) is 11.5 Å². The first-order chi connectivity index (χ1) is 8.54. The highest BCUT2D eigenvalue weighted by atomic mass is 16.3. The quantitative estimate of drug-likeness (QED) is 0.607. The first-order valence-electron chi connectivity index (χ1n) is 5.24. The van der Waals surface area contributed by atoms with Crippen molar-refractivity contribution in [2.45, 2.75) is 0 Å². The molecule has 0 atom stereocenters. The SMILES string of the molecule is Nc1ccc(NC(=O)c2cc(O)cc(O)c2)cc1. The first-order valence-corrected chi connectivity index (χ1v) is 5.24. The van der Waals surface area contributed by atoms with E-state index in [2.05, 4.69) is 5.32 Å². The Morgan fingerprint density at radius 3 is 2.11 bits per heavy atom. The zero-order valence-corrected chi connectivity index (χ0v) is 9.42. The van der Waals surface area contributed by atoms with Gasteiger partial charge in [0.25, 0.3) is 5.91 Å². The molecule has 0 unspecified atom stereocenters. The minimum absolute atomic E-state index is 0.169. The maximum absolute atomic E-state index is 11.8. The highest BCUT2D eigenvalue weighted by Crippen LogP contribution is 2.21. The summed E-state index contributed by atoms with van der Waals surface area (Å²) < 4.78 is 0. The maximum Gasteiger partial charge on any atom is 0.255 e. The fraction of sp³-hybridized carbons (Fsp3) is 0. The summed E-state index contributed by atoms with van der Waals surface area (Å²) in [5.41, 5.74) is 6.88. The van der Waals surface area contributed by atoms with Crippen molar-refractivity contribution in [3.05, 3.63) is 48.0 Å². The minimum Gasteiger partial charge on any atom is -0.508 e. The number of amides is 1. The van der Waals surface area contributed by atoms with Gasteiger partial charge in [0.05, 0.1) is 0 Å². The standard InChI is InChI=1S/C13H12N2O3/c14-9-1-3-10(4-2-9)15-13(18)8-5-11(16)7-12(17)6-8/h1-7,16-17H,14H2,(H,15,18). The lowest BCUT2D eigenvalue weighted by atomic mass is 10.2. The zero-order valence-electron chi connectivity index (χ0n) is 9.42. The van der Waals surface area contributed by atoms with Gasteiger partial charge in [0, 0.05) is 23.0 Å². The molecule has 0 saturated carbocycles. The molecule has 5 N–H and O–H groups in total. The highest BCUT2D eigenvalue weighted by molar-refractivity contribution is 6.04. The fourth-order valence-electron chi connectivity index (χ4n) is 1.50. The van der Waals surface area contributed by atoms with Crippen LogP contribution in [0.15, 0.2) is 42.5 Å². The van der Waals surface area contributed by atoms with Crippen LogP contribution in [-0.4, -0.2) is 16.1 Å². The van der Waals surface area contributed by atoms with E-state index in [0.29, 0.717) is 11.4 Å². The highest BCUT2D eigenvalue weighted by Gasteiger charge is 2.08. The van der Waals surface area contributed by atoms with Gasteiger partial charge in [0.2, 0.25) is 0 Å². The van der Waals surface area contributed by atoms with Crippen LogP contribution in [0.2, 0.25) is 0 Å². The average molecular weight is 244 g/mol. The van der Waals surface area contributed by atoms with Crippen LogP contribution >= 0.6 is 0 Å². The van der Waals surface area contributed by atoms with Crippen molar-refractivity contribution in [1.82, 2.24) is 0 Å². The second-order valence-corrected chi connectivity index (χ2v) is 3.81. The van der Waals surface area contributed by atoms with Crippen LogP contribution in [0, 0.1) is 0 Å². The zero-order chi connectivity index (χ0) is 13.1. The Kier molecular flexibility index (Phi) is 3.05. The second kappa shape index (κ2) is 4.67. The summed E-state index contributed by atoms with van der Waals surface area (Å²) in [7, 11) is 0. The normalized spacial score (nSPS) is 10.0. The molecule has 5 heteroatoms. The van der Waals surface area contributed by atoms with Gasteiger partial charge >= 0.3 is 0 Å². The number of rotatable bonds is 2. The second-order valence-electron chi connectivity index (χ2n) is 3.81. The van der Waals surface area contributed by atoms with Crippen molar-refractivity contribution < 1.29 is 15.0 Å². The molecule has 0 spiro atoms. The number of aromatic hydroxyl groups is 2. The van der Waals surface area contributed by atoms with Crippen LogP contribution < -0.4 is 11.1 Å². The number of anilines is 2. The molecule has 0 fully saturated rings. The van der Waals surface area contributed by atoms with E-state index in [0.717, 1.165) is 6.07 Å². The molecule has 2 aromatic carbocycles. The van der Waals surface area contributed by atoms with Crippen molar-refractivity contribution in [1.29, 1.82) is 0 Å². The molecule has 2 aromatic rings. The van der Waals surface area contributed by atoms with Gasteiger partial charge in [-0.1, -0.05) is 0 Å². The Labute approximate surface area is 103 Å². The number of carbonyl (C=O) groups excluding carboxylic acids is 1. The van der Waals surface area contributed by atoms with E-state index in [-0.39, 0.29) is 17.1 Å². The maximum atomic E-state index is 11.8. The molecular weight excluding hydrogens is 232 g/mol. The smallest absolute Gasteiger partial charge is 0.255 e. The Morgan fingerprint density at radius 2 is 1.56 bits per heavy atom. The van der Waals surface area contributed by atoms with Crippen molar-refractivity contribution >= 4 is 17.3 Å². The molecule has 0 bridgehead atoms. The van der Waals surface area contributed by atoms with Crippen molar-refractivity contribution in [3.63, 3.8) is 0 Å². The van der Waals surface area contributed by atoms with Crippen LogP contribution in [0.3, 0.4) is 0 Å². The monoisotopic (exact) mass is 244 g/mol.